The van der Waals surface area contributed by atoms with Crippen molar-refractivity contribution in [2.45, 2.75) is 32.7 Å². The Morgan fingerprint density at radius 1 is 1.35 bits per heavy atom. The van der Waals surface area contributed by atoms with Gasteiger partial charge in [0, 0.05) is 31.0 Å². The van der Waals surface area contributed by atoms with Crippen molar-refractivity contribution in [3.05, 3.63) is 23.0 Å². The van der Waals surface area contributed by atoms with Crippen molar-refractivity contribution in [2.75, 3.05) is 33.2 Å². The molecule has 1 aromatic heterocycles. The second kappa shape index (κ2) is 5.23. The van der Waals surface area contributed by atoms with Crippen LogP contribution >= 0.6 is 0 Å². The summed E-state index contributed by atoms with van der Waals surface area (Å²) in [6, 6.07) is 4.26. The zero-order chi connectivity index (χ0) is 14.2. The summed E-state index contributed by atoms with van der Waals surface area (Å²) in [5.74, 6) is 0. The lowest BCUT2D eigenvalue weighted by Gasteiger charge is -2.40. The maximum absolute atomic E-state index is 9.05. The minimum atomic E-state index is 0.521. The van der Waals surface area contributed by atoms with Gasteiger partial charge in [0.25, 0.3) is 0 Å². The molecule has 2 aliphatic rings. The van der Waals surface area contributed by atoms with Gasteiger partial charge >= 0.3 is 0 Å². The number of nitriles is 1. The fraction of sp³-hybridized carbons (Fsp3) is 0.688. The molecule has 0 aromatic carbocycles. The molecule has 1 N–H and O–H groups in total. The molecule has 3 heterocycles. The summed E-state index contributed by atoms with van der Waals surface area (Å²) >= 11 is 0. The van der Waals surface area contributed by atoms with Crippen LogP contribution < -0.4 is 0 Å². The first-order valence-electron chi connectivity index (χ1n) is 7.60. The van der Waals surface area contributed by atoms with E-state index < -0.39 is 0 Å². The van der Waals surface area contributed by atoms with Gasteiger partial charge < -0.3 is 9.88 Å². The van der Waals surface area contributed by atoms with Crippen LogP contribution in [0.2, 0.25) is 0 Å². The Morgan fingerprint density at radius 2 is 2.20 bits per heavy atom. The average molecular weight is 272 g/mol. The van der Waals surface area contributed by atoms with E-state index in [1.165, 1.54) is 51.1 Å². The third-order valence-corrected chi connectivity index (χ3v) is 4.95. The number of likely N-dealkylation sites (tertiary alicyclic amines) is 2. The smallest absolute Gasteiger partial charge is 0.101 e. The quantitative estimate of drug-likeness (QED) is 0.897. The largest absolute Gasteiger partial charge is 0.360 e. The van der Waals surface area contributed by atoms with Gasteiger partial charge in [-0.2, -0.15) is 5.26 Å². The highest BCUT2D eigenvalue weighted by atomic mass is 15.2. The third kappa shape index (κ3) is 2.61. The Balaban J connectivity index is 1.67. The van der Waals surface area contributed by atoms with Crippen LogP contribution in [0.15, 0.2) is 6.07 Å². The lowest BCUT2D eigenvalue weighted by atomic mass is 9.79. The number of hydrogen-bond donors (Lipinski definition) is 1. The SMILES string of the molecule is Cc1[nH]c(CN2CCCC3(CCN(C)C3)C2)cc1C#N. The molecule has 108 valence electrons. The van der Waals surface area contributed by atoms with E-state index in [2.05, 4.69) is 27.9 Å². The molecule has 4 nitrogen and oxygen atoms in total. The predicted octanol–water partition coefficient (Wildman–Crippen LogP) is 2.11. The average Bonchev–Trinajstić information content (AvgIpc) is 2.93. The van der Waals surface area contributed by atoms with Gasteiger partial charge in [-0.25, -0.2) is 0 Å². The number of rotatable bonds is 2. The number of aromatic amines is 1. The fourth-order valence-corrected chi connectivity index (χ4v) is 4.01. The van der Waals surface area contributed by atoms with E-state index in [-0.39, 0.29) is 0 Å². The first-order chi connectivity index (χ1) is 9.60. The Kier molecular flexibility index (Phi) is 3.57. The van der Waals surface area contributed by atoms with Crippen LogP contribution in [-0.4, -0.2) is 48.0 Å². The van der Waals surface area contributed by atoms with E-state index in [0.717, 1.165) is 17.8 Å². The van der Waals surface area contributed by atoms with Crippen LogP contribution in [0.3, 0.4) is 0 Å². The van der Waals surface area contributed by atoms with E-state index in [9.17, 15) is 0 Å². The number of nitrogens with zero attached hydrogens (tertiary/aromatic N) is 3. The van der Waals surface area contributed by atoms with Gasteiger partial charge in [0.05, 0.1) is 5.56 Å². The van der Waals surface area contributed by atoms with Crippen molar-refractivity contribution in [3.63, 3.8) is 0 Å². The molecule has 3 rings (SSSR count). The zero-order valence-corrected chi connectivity index (χ0v) is 12.6. The van der Waals surface area contributed by atoms with Crippen LogP contribution in [0.5, 0.6) is 0 Å². The van der Waals surface area contributed by atoms with E-state index in [4.69, 9.17) is 5.26 Å². The van der Waals surface area contributed by atoms with E-state index in [1.807, 2.05) is 13.0 Å². The van der Waals surface area contributed by atoms with Crippen LogP contribution in [-0.2, 0) is 6.54 Å². The van der Waals surface area contributed by atoms with Crippen molar-refractivity contribution in [3.8, 4) is 6.07 Å². The molecular weight excluding hydrogens is 248 g/mol. The highest BCUT2D eigenvalue weighted by Gasteiger charge is 2.40. The predicted molar refractivity (Wildman–Crippen MR) is 79.3 cm³/mol. The molecule has 0 bridgehead atoms. The molecular formula is C16H24N4. The van der Waals surface area contributed by atoms with Gasteiger partial charge in [0.1, 0.15) is 6.07 Å². The Bertz CT molecular complexity index is 523. The molecule has 1 spiro atoms. The molecule has 1 unspecified atom stereocenters. The van der Waals surface area contributed by atoms with Crippen LogP contribution in [0.1, 0.15) is 36.2 Å². The van der Waals surface area contributed by atoms with E-state index in [1.54, 1.807) is 0 Å². The molecule has 2 fully saturated rings. The van der Waals surface area contributed by atoms with Gasteiger partial charge in [0.2, 0.25) is 0 Å². The Labute approximate surface area is 121 Å². The number of H-pyrrole nitrogens is 1. The van der Waals surface area contributed by atoms with Crippen molar-refractivity contribution in [1.82, 2.24) is 14.8 Å². The topological polar surface area (TPSA) is 46.1 Å². The summed E-state index contributed by atoms with van der Waals surface area (Å²) in [7, 11) is 2.24. The molecule has 0 radical (unpaired) electrons. The molecule has 0 saturated carbocycles. The van der Waals surface area contributed by atoms with E-state index >= 15 is 0 Å². The van der Waals surface area contributed by atoms with Crippen LogP contribution in [0, 0.1) is 23.7 Å². The molecule has 0 amide bonds. The lowest BCUT2D eigenvalue weighted by molar-refractivity contribution is 0.0891. The summed E-state index contributed by atoms with van der Waals surface area (Å²) in [6.45, 7) is 7.81. The molecule has 2 aliphatic heterocycles. The normalized spacial score (nSPS) is 28.1. The van der Waals surface area contributed by atoms with Crippen LogP contribution in [0.25, 0.3) is 0 Å². The van der Waals surface area contributed by atoms with Gasteiger partial charge in [-0.1, -0.05) is 0 Å². The van der Waals surface area contributed by atoms with E-state index in [0.29, 0.717) is 5.41 Å². The van der Waals surface area contributed by atoms with Crippen molar-refractivity contribution in [2.24, 2.45) is 5.41 Å². The standard InChI is InChI=1S/C16H24N4/c1-13-14(9-17)8-15(18-13)10-20-6-3-4-16(12-20)5-7-19(2)11-16/h8,18H,3-7,10-12H2,1-2H3. The van der Waals surface area contributed by atoms with Crippen molar-refractivity contribution < 1.29 is 0 Å². The fourth-order valence-electron chi connectivity index (χ4n) is 4.01. The summed E-state index contributed by atoms with van der Waals surface area (Å²) < 4.78 is 0. The maximum Gasteiger partial charge on any atom is 0.101 e. The number of aromatic nitrogens is 1. The molecule has 1 aromatic rings. The number of piperidine rings is 1. The summed E-state index contributed by atoms with van der Waals surface area (Å²) in [5, 5.41) is 9.05. The molecule has 0 aliphatic carbocycles. The molecule has 20 heavy (non-hydrogen) atoms. The van der Waals surface area contributed by atoms with Gasteiger partial charge in [-0.3, -0.25) is 4.90 Å². The monoisotopic (exact) mass is 272 g/mol. The van der Waals surface area contributed by atoms with Gasteiger partial charge in [-0.15, -0.1) is 0 Å². The second-order valence-corrected chi connectivity index (χ2v) is 6.75. The summed E-state index contributed by atoms with van der Waals surface area (Å²) in [5.41, 5.74) is 3.48. The molecule has 1 atom stereocenters. The first kappa shape index (κ1) is 13.7. The number of nitrogens with one attached hydrogen (secondary N) is 1. The lowest BCUT2D eigenvalue weighted by Crippen LogP contribution is -2.44. The minimum absolute atomic E-state index is 0.521. The van der Waals surface area contributed by atoms with Crippen molar-refractivity contribution >= 4 is 0 Å². The first-order valence-corrected chi connectivity index (χ1v) is 7.60. The highest BCUT2D eigenvalue weighted by molar-refractivity contribution is 5.35. The van der Waals surface area contributed by atoms with Gasteiger partial charge in [-0.05, 0) is 57.8 Å². The number of aryl methyl sites for hydroxylation is 1. The maximum atomic E-state index is 9.05. The van der Waals surface area contributed by atoms with Crippen molar-refractivity contribution in [1.29, 1.82) is 5.26 Å². The van der Waals surface area contributed by atoms with Crippen LogP contribution in [0.4, 0.5) is 0 Å². The second-order valence-electron chi connectivity index (χ2n) is 6.75. The third-order valence-electron chi connectivity index (χ3n) is 4.95. The Hall–Kier alpha value is -1.31. The molecule has 2 saturated heterocycles. The summed E-state index contributed by atoms with van der Waals surface area (Å²) in [4.78, 5) is 8.39. The minimum Gasteiger partial charge on any atom is -0.360 e. The zero-order valence-electron chi connectivity index (χ0n) is 12.6. The molecule has 4 heteroatoms. The Morgan fingerprint density at radius 3 is 2.85 bits per heavy atom. The highest BCUT2D eigenvalue weighted by Crippen LogP contribution is 2.38. The number of hydrogen-bond acceptors (Lipinski definition) is 3. The summed E-state index contributed by atoms with van der Waals surface area (Å²) in [6.07, 6.45) is 4.02. The van der Waals surface area contributed by atoms with Gasteiger partial charge in [0.15, 0.2) is 0 Å².